The number of carbonyl (C=O) groups excluding carboxylic acids is 1. The Balaban J connectivity index is 3.54. The second-order valence-electron chi connectivity index (χ2n) is 4.09. The molecule has 2 atom stereocenters. The molecule has 84 valence electrons. The van der Waals surface area contributed by atoms with Crippen LogP contribution in [0.4, 0.5) is 0 Å². The Morgan fingerprint density at radius 3 is 2.50 bits per heavy atom. The molecule has 14 heavy (non-hydrogen) atoms. The lowest BCUT2D eigenvalue weighted by Crippen LogP contribution is -2.37. The monoisotopic (exact) mass is 200 g/mol. The van der Waals surface area contributed by atoms with E-state index < -0.39 is 0 Å². The Morgan fingerprint density at radius 1 is 1.36 bits per heavy atom. The predicted octanol–water partition coefficient (Wildman–Crippen LogP) is 1.54. The Kier molecular flexibility index (Phi) is 7.48. The van der Waals surface area contributed by atoms with Crippen LogP contribution in [0.3, 0.4) is 0 Å². The molecular formula is C11H24N2O. The highest BCUT2D eigenvalue weighted by atomic mass is 16.1. The molecule has 0 aromatic rings. The average molecular weight is 200 g/mol. The molecule has 2 N–H and O–H groups in total. The van der Waals surface area contributed by atoms with Crippen molar-refractivity contribution >= 4 is 5.91 Å². The summed E-state index contributed by atoms with van der Waals surface area (Å²) in [4.78, 5) is 11.4. The molecule has 3 nitrogen and oxygen atoms in total. The second-order valence-corrected chi connectivity index (χ2v) is 4.09. The minimum absolute atomic E-state index is 0.174. The maximum atomic E-state index is 11.4. The maximum absolute atomic E-state index is 11.4. The summed E-state index contributed by atoms with van der Waals surface area (Å²) in [6.07, 6.45) is 2.95. The van der Waals surface area contributed by atoms with E-state index in [1.165, 1.54) is 0 Å². The molecule has 0 aliphatic heterocycles. The fourth-order valence-corrected chi connectivity index (χ4v) is 1.35. The lowest BCUT2D eigenvalue weighted by molar-refractivity contribution is -0.122. The molecule has 0 bridgehead atoms. The van der Waals surface area contributed by atoms with Crippen molar-refractivity contribution in [2.75, 3.05) is 13.6 Å². The number of rotatable bonds is 7. The van der Waals surface area contributed by atoms with E-state index in [0.29, 0.717) is 24.9 Å². The quantitative estimate of drug-likeness (QED) is 0.654. The lowest BCUT2D eigenvalue weighted by atomic mass is 10.0. The molecule has 0 aliphatic rings. The van der Waals surface area contributed by atoms with E-state index in [1.54, 1.807) is 0 Å². The van der Waals surface area contributed by atoms with Crippen molar-refractivity contribution in [2.45, 2.75) is 46.1 Å². The first-order valence-electron chi connectivity index (χ1n) is 5.54. The molecule has 0 aromatic carbocycles. The summed E-state index contributed by atoms with van der Waals surface area (Å²) in [6, 6.07) is 0.348. The minimum Gasteiger partial charge on any atom is -0.355 e. The van der Waals surface area contributed by atoms with E-state index >= 15 is 0 Å². The van der Waals surface area contributed by atoms with Gasteiger partial charge >= 0.3 is 0 Å². The van der Waals surface area contributed by atoms with Crippen molar-refractivity contribution < 1.29 is 4.79 Å². The first-order chi connectivity index (χ1) is 6.60. The first kappa shape index (κ1) is 13.4. The molecule has 0 fully saturated rings. The fourth-order valence-electron chi connectivity index (χ4n) is 1.35. The number of nitrogens with one attached hydrogen (secondary N) is 2. The van der Waals surface area contributed by atoms with Gasteiger partial charge in [0.2, 0.25) is 5.91 Å². The number of carbonyl (C=O) groups is 1. The highest BCUT2D eigenvalue weighted by Gasteiger charge is 2.08. The summed E-state index contributed by atoms with van der Waals surface area (Å²) in [5.74, 6) is 0.679. The molecule has 2 unspecified atom stereocenters. The highest BCUT2D eigenvalue weighted by Crippen LogP contribution is 2.08. The molecule has 0 rings (SSSR count). The van der Waals surface area contributed by atoms with Gasteiger partial charge in [-0.25, -0.2) is 0 Å². The van der Waals surface area contributed by atoms with Crippen LogP contribution < -0.4 is 10.6 Å². The number of hydrogen-bond donors (Lipinski definition) is 2. The fraction of sp³-hybridized carbons (Fsp3) is 0.909. The van der Waals surface area contributed by atoms with Crippen LogP contribution in [0.1, 0.15) is 40.0 Å². The molecular weight excluding hydrogens is 176 g/mol. The summed E-state index contributed by atoms with van der Waals surface area (Å²) in [6.45, 7) is 7.05. The third-order valence-corrected chi connectivity index (χ3v) is 2.41. The predicted molar refractivity (Wildman–Crippen MR) is 60.2 cm³/mol. The molecule has 1 amide bonds. The van der Waals surface area contributed by atoms with E-state index in [4.69, 9.17) is 0 Å². The van der Waals surface area contributed by atoms with Gasteiger partial charge in [-0.05, 0) is 19.9 Å². The zero-order chi connectivity index (χ0) is 11.0. The van der Waals surface area contributed by atoms with Crippen molar-refractivity contribution in [3.8, 4) is 0 Å². The molecule has 0 saturated carbocycles. The zero-order valence-electron chi connectivity index (χ0n) is 9.89. The summed E-state index contributed by atoms with van der Waals surface area (Å²) in [5, 5.41) is 6.01. The summed E-state index contributed by atoms with van der Waals surface area (Å²) in [7, 11) is 1.90. The van der Waals surface area contributed by atoms with Crippen molar-refractivity contribution in [1.29, 1.82) is 0 Å². The molecule has 3 heteroatoms. The number of likely N-dealkylation sites (N-methyl/N-ethyl adjacent to an activating group) is 1. The number of amides is 1. The van der Waals surface area contributed by atoms with E-state index in [-0.39, 0.29) is 5.91 Å². The Labute approximate surface area is 87.6 Å². The van der Waals surface area contributed by atoms with Crippen LogP contribution in [0, 0.1) is 5.92 Å². The van der Waals surface area contributed by atoms with Crippen LogP contribution in [0.25, 0.3) is 0 Å². The van der Waals surface area contributed by atoms with E-state index in [9.17, 15) is 4.79 Å². The van der Waals surface area contributed by atoms with E-state index in [1.807, 2.05) is 7.05 Å². The summed E-state index contributed by atoms with van der Waals surface area (Å²) < 4.78 is 0. The van der Waals surface area contributed by atoms with Crippen LogP contribution in [-0.4, -0.2) is 25.5 Å². The van der Waals surface area contributed by atoms with Gasteiger partial charge in [0, 0.05) is 19.0 Å². The molecule has 0 spiro atoms. The van der Waals surface area contributed by atoms with Gasteiger partial charge in [-0.15, -0.1) is 0 Å². The van der Waals surface area contributed by atoms with Crippen LogP contribution in [0.5, 0.6) is 0 Å². The Morgan fingerprint density at radius 2 is 2.00 bits per heavy atom. The molecule has 0 radical (unpaired) electrons. The summed E-state index contributed by atoms with van der Waals surface area (Å²) in [5.41, 5.74) is 0. The normalized spacial score (nSPS) is 14.9. The Bertz CT molecular complexity index is 159. The van der Waals surface area contributed by atoms with E-state index in [2.05, 4.69) is 31.4 Å². The van der Waals surface area contributed by atoms with Crippen LogP contribution >= 0.6 is 0 Å². The van der Waals surface area contributed by atoms with Crippen molar-refractivity contribution in [3.05, 3.63) is 0 Å². The van der Waals surface area contributed by atoms with Crippen molar-refractivity contribution in [3.63, 3.8) is 0 Å². The smallest absolute Gasteiger partial charge is 0.220 e. The van der Waals surface area contributed by atoms with Gasteiger partial charge in [-0.3, -0.25) is 4.79 Å². The topological polar surface area (TPSA) is 41.1 Å². The van der Waals surface area contributed by atoms with Gasteiger partial charge in [0.15, 0.2) is 0 Å². The number of hydrogen-bond acceptors (Lipinski definition) is 2. The maximum Gasteiger partial charge on any atom is 0.220 e. The van der Waals surface area contributed by atoms with E-state index in [0.717, 1.165) is 12.8 Å². The van der Waals surface area contributed by atoms with Gasteiger partial charge < -0.3 is 10.6 Å². The van der Waals surface area contributed by atoms with Gasteiger partial charge in [0.05, 0.1) is 0 Å². The van der Waals surface area contributed by atoms with Crippen LogP contribution in [0.2, 0.25) is 0 Å². The van der Waals surface area contributed by atoms with Gasteiger partial charge in [-0.1, -0.05) is 26.7 Å². The first-order valence-corrected chi connectivity index (χ1v) is 5.54. The van der Waals surface area contributed by atoms with Crippen LogP contribution in [0.15, 0.2) is 0 Å². The molecule has 0 saturated heterocycles. The molecule has 0 aromatic heterocycles. The summed E-state index contributed by atoms with van der Waals surface area (Å²) >= 11 is 0. The zero-order valence-corrected chi connectivity index (χ0v) is 9.89. The third kappa shape index (κ3) is 6.89. The van der Waals surface area contributed by atoms with Crippen LogP contribution in [-0.2, 0) is 4.79 Å². The Hall–Kier alpha value is -0.570. The van der Waals surface area contributed by atoms with Gasteiger partial charge in [0.1, 0.15) is 0 Å². The van der Waals surface area contributed by atoms with Gasteiger partial charge in [-0.2, -0.15) is 0 Å². The largest absolute Gasteiger partial charge is 0.355 e. The standard InChI is InChI=1S/C11H24N2O/c1-5-6-9(2)7-11(14)13-8-10(3)12-4/h9-10,12H,5-8H2,1-4H3,(H,13,14). The minimum atomic E-state index is 0.174. The third-order valence-electron chi connectivity index (χ3n) is 2.41. The molecule has 0 aliphatic carbocycles. The average Bonchev–Trinajstić information content (AvgIpc) is 2.14. The lowest BCUT2D eigenvalue weighted by Gasteiger charge is -2.13. The van der Waals surface area contributed by atoms with Gasteiger partial charge in [0.25, 0.3) is 0 Å². The molecule has 0 heterocycles. The second kappa shape index (κ2) is 7.80. The van der Waals surface area contributed by atoms with Crippen molar-refractivity contribution in [2.24, 2.45) is 5.92 Å². The SMILES string of the molecule is CCCC(C)CC(=O)NCC(C)NC. The van der Waals surface area contributed by atoms with Crippen molar-refractivity contribution in [1.82, 2.24) is 10.6 Å². The highest BCUT2D eigenvalue weighted by molar-refractivity contribution is 5.76.